The Labute approximate surface area is 193 Å². The molecule has 0 radical (unpaired) electrons. The van der Waals surface area contributed by atoms with Crippen molar-refractivity contribution in [3.05, 3.63) is 18.2 Å². The number of aliphatic carboxylic acids is 2. The molecule has 9 N–H and O–H groups in total. The molecule has 0 aromatic carbocycles. The Morgan fingerprint density at radius 1 is 1.06 bits per heavy atom. The van der Waals surface area contributed by atoms with Crippen molar-refractivity contribution in [3.63, 3.8) is 0 Å². The topological polar surface area (TPSA) is 237 Å². The molecule has 0 bridgehead atoms. The number of aromatic amines is 1. The van der Waals surface area contributed by atoms with Crippen LogP contribution in [0.1, 0.15) is 18.5 Å². The van der Waals surface area contributed by atoms with Crippen molar-refractivity contribution >= 4 is 41.4 Å². The number of nitrogens with one attached hydrogen (secondary N) is 4. The van der Waals surface area contributed by atoms with Crippen LogP contribution < -0.4 is 21.7 Å². The number of carboxylic acids is 2. The van der Waals surface area contributed by atoms with Gasteiger partial charge >= 0.3 is 11.9 Å². The largest absolute Gasteiger partial charge is 0.481 e. The minimum Gasteiger partial charge on any atom is -0.481 e. The van der Waals surface area contributed by atoms with Gasteiger partial charge in [-0.1, -0.05) is 0 Å². The summed E-state index contributed by atoms with van der Waals surface area (Å²) in [6.45, 7) is -0.843. The lowest BCUT2D eigenvalue weighted by Crippen LogP contribution is -2.58. The van der Waals surface area contributed by atoms with E-state index in [4.69, 9.17) is 21.1 Å². The number of amides is 3. The summed E-state index contributed by atoms with van der Waals surface area (Å²) in [5.41, 5.74) is 6.03. The zero-order chi connectivity index (χ0) is 25.0. The minimum atomic E-state index is -1.55. The third kappa shape index (κ3) is 9.88. The molecule has 1 aromatic heterocycles. The molecule has 0 spiro atoms. The highest BCUT2D eigenvalue weighted by atomic mass is 32.2. The summed E-state index contributed by atoms with van der Waals surface area (Å²) >= 11 is 1.39. The number of H-pyrrole nitrogens is 1. The van der Waals surface area contributed by atoms with Gasteiger partial charge in [0.2, 0.25) is 17.7 Å². The zero-order valence-electron chi connectivity index (χ0n) is 17.8. The first kappa shape index (κ1) is 27.9. The Balaban J connectivity index is 3.00. The van der Waals surface area contributed by atoms with Crippen LogP contribution in [-0.2, 0) is 30.4 Å². The second-order valence-corrected chi connectivity index (χ2v) is 7.96. The summed E-state index contributed by atoms with van der Waals surface area (Å²) in [4.78, 5) is 66.3. The van der Waals surface area contributed by atoms with Crippen molar-refractivity contribution in [2.24, 2.45) is 5.73 Å². The van der Waals surface area contributed by atoms with Crippen molar-refractivity contribution < 1.29 is 39.3 Å². The van der Waals surface area contributed by atoms with Crippen LogP contribution in [0.3, 0.4) is 0 Å². The number of imidazole rings is 1. The lowest BCUT2D eigenvalue weighted by atomic mass is 10.1. The molecule has 0 aliphatic heterocycles. The number of aliphatic hydroxyl groups excluding tert-OH is 1. The number of thioether (sulfide) groups is 1. The number of hydrogen-bond donors (Lipinski definition) is 8. The van der Waals surface area contributed by atoms with E-state index in [0.717, 1.165) is 0 Å². The number of carbonyl (C=O) groups excluding carboxylic acids is 3. The lowest BCUT2D eigenvalue weighted by molar-refractivity contribution is -0.143. The molecule has 33 heavy (non-hydrogen) atoms. The molecule has 15 heteroatoms. The molecule has 1 rings (SSSR count). The molecule has 14 nitrogen and oxygen atoms in total. The third-order valence-electron chi connectivity index (χ3n) is 4.38. The predicted molar refractivity (Wildman–Crippen MR) is 116 cm³/mol. The van der Waals surface area contributed by atoms with E-state index in [1.54, 1.807) is 6.26 Å². The van der Waals surface area contributed by atoms with Crippen LogP contribution in [0, 0.1) is 0 Å². The van der Waals surface area contributed by atoms with E-state index in [9.17, 15) is 24.0 Å². The first-order valence-electron chi connectivity index (χ1n) is 9.77. The van der Waals surface area contributed by atoms with Crippen LogP contribution in [0.5, 0.6) is 0 Å². The van der Waals surface area contributed by atoms with E-state index < -0.39 is 66.9 Å². The summed E-state index contributed by atoms with van der Waals surface area (Å²) in [6.07, 6.45) is 3.97. The van der Waals surface area contributed by atoms with E-state index in [2.05, 4.69) is 25.9 Å². The number of rotatable bonds is 15. The van der Waals surface area contributed by atoms with Gasteiger partial charge in [-0.05, 0) is 18.4 Å². The van der Waals surface area contributed by atoms with Crippen molar-refractivity contribution in [2.75, 3.05) is 18.6 Å². The second-order valence-electron chi connectivity index (χ2n) is 6.97. The molecule has 0 aliphatic carbocycles. The van der Waals surface area contributed by atoms with Crippen LogP contribution in [0.4, 0.5) is 0 Å². The fourth-order valence-electron chi connectivity index (χ4n) is 2.62. The number of nitrogens with zero attached hydrogens (tertiary/aromatic N) is 1. The quantitative estimate of drug-likeness (QED) is 0.124. The molecule has 4 atom stereocenters. The standard InChI is InChI=1S/C18H28N6O8S/c1-33-3-2-11(16(29)24-13(7-25)18(31)32)22-17(30)12(4-9-6-20-8-21-9)23-15(28)10(19)5-14(26)27/h6,8,10-13,25H,2-5,7,19H2,1H3,(H,20,21)(H,22,30)(H,23,28)(H,24,29)(H,26,27)(H,31,32). The van der Waals surface area contributed by atoms with Gasteiger partial charge in [0, 0.05) is 18.3 Å². The van der Waals surface area contributed by atoms with E-state index >= 15 is 0 Å². The molecule has 184 valence electrons. The summed E-state index contributed by atoms with van der Waals surface area (Å²) in [7, 11) is 0. The maximum absolute atomic E-state index is 12.9. The molecule has 0 fully saturated rings. The van der Waals surface area contributed by atoms with Gasteiger partial charge < -0.3 is 42.0 Å². The zero-order valence-corrected chi connectivity index (χ0v) is 18.6. The van der Waals surface area contributed by atoms with Crippen LogP contribution >= 0.6 is 11.8 Å². The number of hydrogen-bond acceptors (Lipinski definition) is 9. The third-order valence-corrected chi connectivity index (χ3v) is 5.03. The maximum atomic E-state index is 12.9. The second kappa shape index (κ2) is 14.1. The molecule has 3 amide bonds. The van der Waals surface area contributed by atoms with Gasteiger partial charge in [-0.15, -0.1) is 0 Å². The predicted octanol–water partition coefficient (Wildman–Crippen LogP) is -2.96. The van der Waals surface area contributed by atoms with Gasteiger partial charge in [-0.25, -0.2) is 9.78 Å². The normalized spacial score (nSPS) is 14.4. The summed E-state index contributed by atoms with van der Waals surface area (Å²) in [6, 6.07) is -5.36. The van der Waals surface area contributed by atoms with Gasteiger partial charge in [0.15, 0.2) is 0 Å². The van der Waals surface area contributed by atoms with Gasteiger partial charge in [0.25, 0.3) is 0 Å². The number of aliphatic hydroxyl groups is 1. The van der Waals surface area contributed by atoms with E-state index in [1.165, 1.54) is 24.3 Å². The SMILES string of the molecule is CSCCC(NC(=O)C(Cc1cnc[nH]1)NC(=O)C(N)CC(=O)O)C(=O)NC(CO)C(=O)O. The maximum Gasteiger partial charge on any atom is 0.328 e. The Hall–Kier alpha value is -3.17. The van der Waals surface area contributed by atoms with Crippen LogP contribution in [0.25, 0.3) is 0 Å². The average Bonchev–Trinajstić information content (AvgIpc) is 3.26. The molecule has 4 unspecified atom stereocenters. The fourth-order valence-corrected chi connectivity index (χ4v) is 3.09. The van der Waals surface area contributed by atoms with Gasteiger partial charge in [0.1, 0.15) is 18.1 Å². The average molecular weight is 489 g/mol. The van der Waals surface area contributed by atoms with Gasteiger partial charge in [-0.3, -0.25) is 19.2 Å². The highest BCUT2D eigenvalue weighted by Crippen LogP contribution is 2.05. The Kier molecular flexibility index (Phi) is 11.9. The molecule has 0 saturated carbocycles. The molecule has 0 saturated heterocycles. The number of carboxylic acid groups (broad SMARTS) is 2. The summed E-state index contributed by atoms with van der Waals surface area (Å²) in [5, 5.41) is 34.0. The summed E-state index contributed by atoms with van der Waals surface area (Å²) in [5.74, 6) is -4.79. The Morgan fingerprint density at radius 3 is 2.18 bits per heavy atom. The number of aromatic nitrogens is 2. The molecule has 0 aliphatic rings. The fraction of sp³-hybridized carbons (Fsp3) is 0.556. The monoisotopic (exact) mass is 488 g/mol. The highest BCUT2D eigenvalue weighted by molar-refractivity contribution is 7.98. The highest BCUT2D eigenvalue weighted by Gasteiger charge is 2.30. The van der Waals surface area contributed by atoms with E-state index in [0.29, 0.717) is 11.4 Å². The Bertz CT molecular complexity index is 821. The van der Waals surface area contributed by atoms with Crippen LogP contribution in [-0.4, -0.2) is 97.7 Å². The van der Waals surface area contributed by atoms with Crippen molar-refractivity contribution in [1.82, 2.24) is 25.9 Å². The smallest absolute Gasteiger partial charge is 0.328 e. The molecular weight excluding hydrogens is 460 g/mol. The molecule has 1 heterocycles. The first-order valence-corrected chi connectivity index (χ1v) is 11.2. The lowest BCUT2D eigenvalue weighted by Gasteiger charge is -2.24. The number of nitrogens with two attached hydrogens (primary N) is 1. The van der Waals surface area contributed by atoms with Crippen molar-refractivity contribution in [1.29, 1.82) is 0 Å². The number of carbonyl (C=O) groups is 5. The van der Waals surface area contributed by atoms with Crippen LogP contribution in [0.2, 0.25) is 0 Å². The molecular formula is C18H28N6O8S. The van der Waals surface area contributed by atoms with Crippen molar-refractivity contribution in [2.45, 2.75) is 43.4 Å². The summed E-state index contributed by atoms with van der Waals surface area (Å²) < 4.78 is 0. The first-order chi connectivity index (χ1) is 15.6. The van der Waals surface area contributed by atoms with Crippen molar-refractivity contribution in [3.8, 4) is 0 Å². The van der Waals surface area contributed by atoms with Crippen LogP contribution in [0.15, 0.2) is 12.5 Å². The minimum absolute atomic E-state index is 0.0668. The van der Waals surface area contributed by atoms with Gasteiger partial charge in [0.05, 0.1) is 25.4 Å². The molecule has 1 aromatic rings. The van der Waals surface area contributed by atoms with E-state index in [-0.39, 0.29) is 12.8 Å². The van der Waals surface area contributed by atoms with Gasteiger partial charge in [-0.2, -0.15) is 11.8 Å². The van der Waals surface area contributed by atoms with E-state index in [1.807, 2.05) is 0 Å². The Morgan fingerprint density at radius 2 is 1.67 bits per heavy atom.